The molecule has 576 valence electrons. The average molecular weight is 1560 g/mol. The molecule has 0 amide bonds. The maximum absolute atomic E-state index is 9.69. The molecule has 0 spiro atoms. The van der Waals surface area contributed by atoms with Crippen LogP contribution >= 0.6 is 0 Å². The van der Waals surface area contributed by atoms with Crippen LogP contribution in [0.4, 0.5) is 0 Å². The normalized spacial score (nSPS) is 15.7. The van der Waals surface area contributed by atoms with E-state index in [1.165, 1.54) is 140 Å². The molecule has 24 rings (SSSR count). The largest absolute Gasteiger partial charge is 0.454 e. The van der Waals surface area contributed by atoms with Crippen molar-refractivity contribution in [3.8, 4) is 79.5 Å². The number of pyridine rings is 1. The van der Waals surface area contributed by atoms with Gasteiger partial charge in [-0.05, 0) is 191 Å². The molecule has 2 unspecified atom stereocenters. The lowest BCUT2D eigenvalue weighted by Gasteiger charge is -2.32. The van der Waals surface area contributed by atoms with Gasteiger partial charge in [0.2, 0.25) is 0 Å². The SMILES string of the molecule is N#Cc1ccc2c(c1)c1ccccc1n2-c1ccnc2c1oc1ccc(-c3ccc(C4CCCC[C@@H]4c4ccc(-c5ccc6oc7c(-n8c9ccccc9c9ccccc98)cccc7c6c5)cc4)cc3)cc12.c1ccc(-c2nc(-c3ccccc3)nc(-c3ccc(C4CCCC[C@@H]4c4ccc(-n5c6ccccc6c6ccccc65)cc4)cc3)n2)cc1. The van der Waals surface area contributed by atoms with Crippen molar-refractivity contribution in [2.45, 2.75) is 75.0 Å². The molecule has 121 heavy (non-hydrogen) atoms. The highest BCUT2D eigenvalue weighted by molar-refractivity contribution is 6.15. The van der Waals surface area contributed by atoms with Crippen LogP contribution in [0.2, 0.25) is 0 Å². The van der Waals surface area contributed by atoms with Crippen LogP contribution in [0.1, 0.15) is 103 Å². The molecule has 0 bridgehead atoms. The zero-order valence-corrected chi connectivity index (χ0v) is 66.5. The molecule has 2 aliphatic rings. The summed E-state index contributed by atoms with van der Waals surface area (Å²) in [5.74, 6) is 3.93. The van der Waals surface area contributed by atoms with Crippen molar-refractivity contribution in [2.24, 2.45) is 0 Å². The highest BCUT2D eigenvalue weighted by Crippen LogP contribution is 2.49. The zero-order chi connectivity index (χ0) is 80.0. The minimum atomic E-state index is 0.450. The molecular formula is C111H80N8O2. The molecule has 0 N–H and O–H groups in total. The fourth-order valence-corrected chi connectivity index (χ4v) is 20.2. The second-order valence-electron chi connectivity index (χ2n) is 32.7. The van der Waals surface area contributed by atoms with Crippen LogP contribution in [-0.4, -0.2) is 33.6 Å². The van der Waals surface area contributed by atoms with Gasteiger partial charge in [0.1, 0.15) is 16.7 Å². The standard InChI is InChI=1S/C66H44N4O2.C45H36N4/c67-39-40-20-31-59-53(36-40)51-14-5-8-18-58(51)70(59)61-34-35-68-64-55-38-46(30-33-63(55)72-66(61)64)42-23-27-44(28-24-42)48-11-2-1-10-47(48)43-25-21-41(22-26-43)45-29-32-62-54(37-45)52-15-9-19-60(65(52)71-62)69-56-16-6-3-12-49(56)50-13-4-7-17-57(50)69;1-3-13-33(14-4-1)43-46-44(34-15-5-2-6-16-34)48-45(47-43)35-25-23-31(24-26-35)37-17-7-8-18-38(37)32-27-29-36(30-28-32)49-41-21-11-9-19-39(41)40-20-10-12-22-42(40)49/h3-9,12-38,47-48H,1-2,10-11H2;1-6,9-16,19-30,37-38H,7-8,17-18H2/t47-,48?;37?,38-/m11/s1. The minimum absolute atomic E-state index is 0.450. The molecule has 0 radical (unpaired) electrons. The Balaban J connectivity index is 0.000000152. The van der Waals surface area contributed by atoms with Gasteiger partial charge in [-0.15, -0.1) is 0 Å². The molecule has 2 aliphatic carbocycles. The highest BCUT2D eigenvalue weighted by atomic mass is 16.3. The van der Waals surface area contributed by atoms with E-state index in [2.05, 4.69) is 311 Å². The molecule has 22 aromatic rings. The number of furan rings is 2. The van der Waals surface area contributed by atoms with Crippen molar-refractivity contribution in [2.75, 3.05) is 0 Å². The average Bonchev–Trinajstić information content (AvgIpc) is 1.57. The first-order chi connectivity index (χ1) is 59.9. The Morgan fingerprint density at radius 2 is 0.636 bits per heavy atom. The molecule has 4 atom stereocenters. The maximum Gasteiger partial charge on any atom is 0.177 e. The Hall–Kier alpha value is -15.1. The number of nitriles is 1. The summed E-state index contributed by atoms with van der Waals surface area (Å²) < 4.78 is 20.4. The van der Waals surface area contributed by atoms with E-state index in [0.29, 0.717) is 46.7 Å². The molecular weight excluding hydrogens is 1480 g/mol. The number of para-hydroxylation sites is 6. The quantitative estimate of drug-likeness (QED) is 0.120. The van der Waals surface area contributed by atoms with Gasteiger partial charge in [-0.3, -0.25) is 4.98 Å². The van der Waals surface area contributed by atoms with Gasteiger partial charge in [-0.1, -0.05) is 287 Å². The Kier molecular flexibility index (Phi) is 17.6. The number of hydrogen-bond acceptors (Lipinski definition) is 7. The van der Waals surface area contributed by atoms with Crippen molar-refractivity contribution in [3.05, 3.63) is 392 Å². The second-order valence-corrected chi connectivity index (χ2v) is 32.7. The summed E-state index contributed by atoms with van der Waals surface area (Å²) in [7, 11) is 0. The van der Waals surface area contributed by atoms with E-state index in [1.807, 2.05) is 72.9 Å². The van der Waals surface area contributed by atoms with E-state index in [-0.39, 0.29) is 0 Å². The third-order valence-electron chi connectivity index (χ3n) is 26.0. The maximum atomic E-state index is 9.69. The van der Waals surface area contributed by atoms with Crippen LogP contribution in [0.5, 0.6) is 0 Å². The Morgan fingerprint density at radius 3 is 1.11 bits per heavy atom. The molecule has 7 heterocycles. The first-order valence-corrected chi connectivity index (χ1v) is 42.4. The second kappa shape index (κ2) is 29.8. The number of benzene rings is 15. The summed E-state index contributed by atoms with van der Waals surface area (Å²) in [5.41, 5.74) is 28.2. The fourth-order valence-electron chi connectivity index (χ4n) is 20.2. The van der Waals surface area contributed by atoms with E-state index < -0.39 is 0 Å². The Morgan fingerprint density at radius 1 is 0.273 bits per heavy atom. The molecule has 15 aromatic carbocycles. The summed E-state index contributed by atoms with van der Waals surface area (Å²) in [6, 6.07) is 130. The van der Waals surface area contributed by atoms with E-state index in [9.17, 15) is 5.26 Å². The monoisotopic (exact) mass is 1560 g/mol. The molecule has 0 saturated heterocycles. The van der Waals surface area contributed by atoms with Crippen molar-refractivity contribution in [1.29, 1.82) is 5.26 Å². The van der Waals surface area contributed by atoms with Crippen molar-refractivity contribution in [3.63, 3.8) is 0 Å². The van der Waals surface area contributed by atoms with Crippen molar-refractivity contribution < 1.29 is 8.83 Å². The lowest BCUT2D eigenvalue weighted by atomic mass is 9.72. The van der Waals surface area contributed by atoms with Crippen molar-refractivity contribution >= 4 is 109 Å². The van der Waals surface area contributed by atoms with Crippen LogP contribution < -0.4 is 0 Å². The first kappa shape index (κ1) is 71.3. The molecule has 10 nitrogen and oxygen atoms in total. The minimum Gasteiger partial charge on any atom is -0.454 e. The van der Waals surface area contributed by atoms with E-state index in [4.69, 9.17) is 28.8 Å². The summed E-state index contributed by atoms with van der Waals surface area (Å²) in [4.78, 5) is 19.6. The molecule has 2 fully saturated rings. The van der Waals surface area contributed by atoms with Crippen molar-refractivity contribution in [1.82, 2.24) is 33.6 Å². The summed E-state index contributed by atoms with van der Waals surface area (Å²) in [6.07, 6.45) is 11.6. The highest BCUT2D eigenvalue weighted by Gasteiger charge is 2.31. The van der Waals surface area contributed by atoms with Gasteiger partial charge in [0.05, 0.1) is 56.1 Å². The lowest BCUT2D eigenvalue weighted by molar-refractivity contribution is 0.386. The van der Waals surface area contributed by atoms with E-state index in [0.717, 1.165) is 99.4 Å². The third kappa shape index (κ3) is 12.4. The summed E-state index contributed by atoms with van der Waals surface area (Å²) >= 11 is 0. The van der Waals surface area contributed by atoms with Gasteiger partial charge < -0.3 is 22.5 Å². The predicted octanol–water partition coefficient (Wildman–Crippen LogP) is 29.1. The summed E-state index contributed by atoms with van der Waals surface area (Å²) in [6.45, 7) is 0. The predicted molar refractivity (Wildman–Crippen MR) is 494 cm³/mol. The molecule has 0 aliphatic heterocycles. The smallest absolute Gasteiger partial charge is 0.177 e. The first-order valence-electron chi connectivity index (χ1n) is 42.4. The van der Waals surface area contributed by atoms with Gasteiger partial charge in [-0.2, -0.15) is 5.26 Å². The van der Waals surface area contributed by atoms with Crippen LogP contribution in [0.3, 0.4) is 0 Å². The topological polar surface area (TPSA) is 116 Å². The van der Waals surface area contributed by atoms with Gasteiger partial charge in [0.25, 0.3) is 0 Å². The van der Waals surface area contributed by atoms with Gasteiger partial charge in [0, 0.05) is 77.1 Å². The van der Waals surface area contributed by atoms with E-state index >= 15 is 0 Å². The number of aromatic nitrogens is 7. The van der Waals surface area contributed by atoms with Crippen LogP contribution in [0.15, 0.2) is 373 Å². The zero-order valence-electron chi connectivity index (χ0n) is 66.5. The van der Waals surface area contributed by atoms with Gasteiger partial charge >= 0.3 is 0 Å². The molecule has 7 aromatic heterocycles. The van der Waals surface area contributed by atoms with E-state index in [1.54, 1.807) is 0 Å². The van der Waals surface area contributed by atoms with Crippen LogP contribution in [0, 0.1) is 11.3 Å². The molecule has 2 saturated carbocycles. The fraction of sp³-hybridized carbons (Fsp3) is 0.108. The third-order valence-corrected chi connectivity index (χ3v) is 26.0. The van der Waals surface area contributed by atoms with Gasteiger partial charge in [-0.25, -0.2) is 15.0 Å². The Bertz CT molecular complexity index is 7640. The van der Waals surface area contributed by atoms with Gasteiger partial charge in [0.15, 0.2) is 28.6 Å². The van der Waals surface area contributed by atoms with Crippen LogP contribution in [0.25, 0.3) is 183 Å². The Labute approximate surface area is 699 Å². The number of nitrogens with zero attached hydrogens (tertiary/aromatic N) is 8. The van der Waals surface area contributed by atoms with Crippen LogP contribution in [-0.2, 0) is 0 Å². The lowest BCUT2D eigenvalue weighted by Crippen LogP contribution is -2.16. The number of hydrogen-bond donors (Lipinski definition) is 0. The molecule has 10 heteroatoms. The number of fused-ring (bicyclic) bond motifs is 15. The number of rotatable bonds is 12. The summed E-state index contributed by atoms with van der Waals surface area (Å²) in [5, 5.41) is 20.1.